The minimum atomic E-state index is -4.51. The maximum absolute atomic E-state index is 11.0. The molecular formula is C10H11N2O4P. The summed E-state index contributed by atoms with van der Waals surface area (Å²) in [4.78, 5) is 20.9. The fourth-order valence-electron chi connectivity index (χ4n) is 1.64. The second kappa shape index (κ2) is 4.33. The number of hydrogen-bond acceptors (Lipinski definition) is 3. The molecule has 0 saturated heterocycles. The Morgan fingerprint density at radius 1 is 1.35 bits per heavy atom. The van der Waals surface area contributed by atoms with E-state index in [1.165, 1.54) is 0 Å². The molecule has 1 aromatic carbocycles. The van der Waals surface area contributed by atoms with Crippen LogP contribution in [0.4, 0.5) is 0 Å². The van der Waals surface area contributed by atoms with Crippen LogP contribution in [-0.4, -0.2) is 25.4 Å². The van der Waals surface area contributed by atoms with Gasteiger partial charge in [-0.25, -0.2) is 0 Å². The van der Waals surface area contributed by atoms with Crippen LogP contribution in [0.25, 0.3) is 10.9 Å². The number of oxime groups is 1. The summed E-state index contributed by atoms with van der Waals surface area (Å²) >= 11 is 0. The molecule has 90 valence electrons. The van der Waals surface area contributed by atoms with Gasteiger partial charge in [0.15, 0.2) is 5.45 Å². The Kier molecular flexibility index (Phi) is 3.02. The minimum absolute atomic E-state index is 0.0925. The summed E-state index contributed by atoms with van der Waals surface area (Å²) in [7, 11) is -4.51. The Morgan fingerprint density at radius 3 is 2.71 bits per heavy atom. The lowest BCUT2D eigenvalue weighted by Gasteiger charge is -2.05. The molecule has 0 amide bonds. The van der Waals surface area contributed by atoms with E-state index >= 15 is 0 Å². The van der Waals surface area contributed by atoms with Crippen molar-refractivity contribution in [2.45, 2.75) is 6.42 Å². The molecule has 0 fully saturated rings. The van der Waals surface area contributed by atoms with Crippen LogP contribution in [0, 0.1) is 0 Å². The van der Waals surface area contributed by atoms with Crippen LogP contribution in [0.1, 0.15) is 5.56 Å². The zero-order chi connectivity index (χ0) is 12.5. The zero-order valence-electron chi connectivity index (χ0n) is 8.74. The van der Waals surface area contributed by atoms with Crippen LogP contribution < -0.4 is 0 Å². The van der Waals surface area contributed by atoms with Crippen molar-refractivity contribution in [1.29, 1.82) is 0 Å². The van der Waals surface area contributed by atoms with Crippen molar-refractivity contribution in [3.63, 3.8) is 0 Å². The highest BCUT2D eigenvalue weighted by Gasteiger charge is 2.24. The molecule has 0 bridgehead atoms. The maximum Gasteiger partial charge on any atom is 0.374 e. The van der Waals surface area contributed by atoms with Gasteiger partial charge in [0.25, 0.3) is 0 Å². The van der Waals surface area contributed by atoms with E-state index in [2.05, 4.69) is 10.1 Å². The summed E-state index contributed by atoms with van der Waals surface area (Å²) in [6, 6.07) is 7.36. The van der Waals surface area contributed by atoms with Gasteiger partial charge in [0.2, 0.25) is 0 Å². The van der Waals surface area contributed by atoms with Crippen molar-refractivity contribution in [3.8, 4) is 0 Å². The van der Waals surface area contributed by atoms with Crippen molar-refractivity contribution < 1.29 is 19.6 Å². The Labute approximate surface area is 96.7 Å². The number of H-pyrrole nitrogens is 1. The third-order valence-corrected chi connectivity index (χ3v) is 3.40. The summed E-state index contributed by atoms with van der Waals surface area (Å²) in [5.74, 6) is 0. The van der Waals surface area contributed by atoms with Gasteiger partial charge < -0.3 is 20.0 Å². The van der Waals surface area contributed by atoms with Gasteiger partial charge in [-0.3, -0.25) is 4.57 Å². The van der Waals surface area contributed by atoms with Crippen molar-refractivity contribution >= 4 is 24.0 Å². The molecular weight excluding hydrogens is 243 g/mol. The number of para-hydroxylation sites is 1. The lowest BCUT2D eigenvalue weighted by atomic mass is 10.1. The summed E-state index contributed by atoms with van der Waals surface area (Å²) in [6.45, 7) is 0. The van der Waals surface area contributed by atoms with Crippen molar-refractivity contribution in [3.05, 3.63) is 36.0 Å². The second-order valence-electron chi connectivity index (χ2n) is 3.60. The monoisotopic (exact) mass is 254 g/mol. The van der Waals surface area contributed by atoms with Crippen molar-refractivity contribution in [2.75, 3.05) is 0 Å². The van der Waals surface area contributed by atoms with Crippen LogP contribution in [0.5, 0.6) is 0 Å². The van der Waals surface area contributed by atoms with Gasteiger partial charge in [-0.2, -0.15) is 0 Å². The molecule has 1 heterocycles. The smallest absolute Gasteiger partial charge is 0.374 e. The van der Waals surface area contributed by atoms with E-state index in [1.54, 1.807) is 6.20 Å². The average Bonchev–Trinajstić information content (AvgIpc) is 2.67. The Balaban J connectivity index is 2.39. The molecule has 1 aromatic heterocycles. The highest BCUT2D eigenvalue weighted by atomic mass is 31.2. The average molecular weight is 254 g/mol. The molecule has 0 radical (unpaired) electrons. The van der Waals surface area contributed by atoms with Gasteiger partial charge in [0.05, 0.1) is 0 Å². The predicted octanol–water partition coefficient (Wildman–Crippen LogP) is 1.68. The lowest BCUT2D eigenvalue weighted by Crippen LogP contribution is -2.03. The third kappa shape index (κ3) is 2.39. The summed E-state index contributed by atoms with van der Waals surface area (Å²) in [5.41, 5.74) is 1.00. The minimum Gasteiger partial charge on any atom is -0.410 e. The van der Waals surface area contributed by atoms with Gasteiger partial charge >= 0.3 is 7.60 Å². The molecule has 0 atom stereocenters. The highest BCUT2D eigenvalue weighted by Crippen LogP contribution is 2.38. The van der Waals surface area contributed by atoms with E-state index in [9.17, 15) is 4.57 Å². The number of benzene rings is 1. The largest absolute Gasteiger partial charge is 0.410 e. The first-order valence-corrected chi connectivity index (χ1v) is 6.45. The maximum atomic E-state index is 11.0. The number of hydrogen-bond donors (Lipinski definition) is 4. The molecule has 7 heteroatoms. The van der Waals surface area contributed by atoms with Crippen LogP contribution in [-0.2, 0) is 11.0 Å². The molecule has 2 rings (SSSR count). The van der Waals surface area contributed by atoms with Crippen LogP contribution in [0.3, 0.4) is 0 Å². The van der Waals surface area contributed by atoms with E-state index in [4.69, 9.17) is 15.0 Å². The SMILES string of the molecule is O=P(O)(O)C(Cc1c[nH]c2ccccc12)=NO. The predicted molar refractivity (Wildman–Crippen MR) is 63.3 cm³/mol. The molecule has 0 unspecified atom stereocenters. The Hall–Kier alpha value is -1.62. The lowest BCUT2D eigenvalue weighted by molar-refractivity contribution is 0.316. The van der Waals surface area contributed by atoms with Crippen molar-refractivity contribution in [2.24, 2.45) is 5.16 Å². The van der Waals surface area contributed by atoms with Crippen LogP contribution in [0.15, 0.2) is 35.6 Å². The quantitative estimate of drug-likeness (QED) is 0.289. The van der Waals surface area contributed by atoms with Gasteiger partial charge in [0.1, 0.15) is 0 Å². The third-order valence-electron chi connectivity index (χ3n) is 2.48. The number of aromatic amines is 1. The molecule has 2 aromatic rings. The van der Waals surface area contributed by atoms with Gasteiger partial charge in [0, 0.05) is 23.5 Å². The molecule has 4 N–H and O–H groups in total. The van der Waals surface area contributed by atoms with E-state index in [-0.39, 0.29) is 6.42 Å². The van der Waals surface area contributed by atoms with Gasteiger partial charge in [-0.15, -0.1) is 0 Å². The first kappa shape index (κ1) is 11.9. The number of nitrogens with one attached hydrogen (secondary N) is 1. The molecule has 0 saturated carbocycles. The Bertz CT molecular complexity index is 614. The van der Waals surface area contributed by atoms with Crippen molar-refractivity contribution in [1.82, 2.24) is 4.98 Å². The second-order valence-corrected chi connectivity index (χ2v) is 5.20. The molecule has 0 aliphatic carbocycles. The zero-order valence-corrected chi connectivity index (χ0v) is 9.63. The fourth-order valence-corrected chi connectivity index (χ4v) is 2.14. The fraction of sp³-hybridized carbons (Fsp3) is 0.100. The normalized spacial score (nSPS) is 13.2. The number of fused-ring (bicyclic) bond motifs is 1. The molecule has 0 spiro atoms. The van der Waals surface area contributed by atoms with E-state index in [0.717, 1.165) is 10.9 Å². The number of aromatic nitrogens is 1. The molecule has 0 aliphatic rings. The summed E-state index contributed by atoms with van der Waals surface area (Å²) < 4.78 is 11.0. The number of rotatable bonds is 3. The molecule has 6 nitrogen and oxygen atoms in total. The standard InChI is InChI=1S/C10H11N2O4P/c13-12-10(17(14,15)16)5-7-6-11-9-4-2-1-3-8(7)9/h1-4,6,11,13H,5H2,(H2,14,15,16). The molecule has 17 heavy (non-hydrogen) atoms. The molecule has 0 aliphatic heterocycles. The first-order valence-electron chi connectivity index (χ1n) is 4.84. The highest BCUT2D eigenvalue weighted by molar-refractivity contribution is 7.70. The van der Waals surface area contributed by atoms with E-state index < -0.39 is 13.0 Å². The summed E-state index contributed by atoms with van der Waals surface area (Å²) in [5, 5.41) is 12.1. The Morgan fingerprint density at radius 2 is 2.06 bits per heavy atom. The number of nitrogens with zero attached hydrogens (tertiary/aromatic N) is 1. The first-order chi connectivity index (χ1) is 8.02. The van der Waals surface area contributed by atoms with E-state index in [0.29, 0.717) is 5.56 Å². The summed E-state index contributed by atoms with van der Waals surface area (Å²) in [6.07, 6.45) is 1.55. The van der Waals surface area contributed by atoms with E-state index in [1.807, 2.05) is 24.3 Å². The van der Waals surface area contributed by atoms with Crippen LogP contribution >= 0.6 is 7.60 Å². The van der Waals surface area contributed by atoms with Gasteiger partial charge in [-0.1, -0.05) is 23.4 Å². The topological polar surface area (TPSA) is 106 Å². The van der Waals surface area contributed by atoms with Gasteiger partial charge in [-0.05, 0) is 11.6 Å². The van der Waals surface area contributed by atoms with Crippen LogP contribution in [0.2, 0.25) is 0 Å².